The molecular formula is C15H13F3N2O3. The topological polar surface area (TPSA) is 55.6 Å². The van der Waals surface area contributed by atoms with E-state index in [1.54, 1.807) is 12.1 Å². The lowest BCUT2D eigenvalue weighted by molar-refractivity contribution is -0.186. The minimum Gasteiger partial charge on any atom is -0.484 e. The van der Waals surface area contributed by atoms with Gasteiger partial charge in [0.25, 0.3) is 0 Å². The number of benzene rings is 1. The second kappa shape index (κ2) is 5.94. The number of para-hydroxylation sites is 1. The molecule has 0 fully saturated rings. The van der Waals surface area contributed by atoms with E-state index in [2.05, 4.69) is 4.98 Å². The molecule has 0 aliphatic carbocycles. The third-order valence-electron chi connectivity index (χ3n) is 3.41. The maximum atomic E-state index is 12.5. The second-order valence-electron chi connectivity index (χ2n) is 5.05. The predicted octanol–water partition coefficient (Wildman–Crippen LogP) is 2.70. The molecule has 0 saturated heterocycles. The largest absolute Gasteiger partial charge is 0.484 e. The van der Waals surface area contributed by atoms with E-state index < -0.39 is 12.1 Å². The van der Waals surface area contributed by atoms with Crippen molar-refractivity contribution in [3.63, 3.8) is 0 Å². The fourth-order valence-corrected chi connectivity index (χ4v) is 2.33. The summed E-state index contributed by atoms with van der Waals surface area (Å²) in [5.41, 5.74) is 0.572. The Balaban J connectivity index is 1.66. The summed E-state index contributed by atoms with van der Waals surface area (Å²) in [6.45, 7) is -0.187. The number of oxazole rings is 1. The van der Waals surface area contributed by atoms with Gasteiger partial charge in [0, 0.05) is 13.0 Å². The molecule has 0 saturated carbocycles. The number of halogens is 3. The molecule has 1 aliphatic rings. The summed E-state index contributed by atoms with van der Waals surface area (Å²) in [5, 5.41) is 0. The van der Waals surface area contributed by atoms with Crippen LogP contribution >= 0.6 is 0 Å². The van der Waals surface area contributed by atoms with Crippen LogP contribution in [0.5, 0.6) is 5.75 Å². The van der Waals surface area contributed by atoms with Crippen LogP contribution in [-0.2, 0) is 24.4 Å². The number of carbonyl (C=O) groups is 1. The molecule has 0 bridgehead atoms. The van der Waals surface area contributed by atoms with Crippen molar-refractivity contribution in [2.45, 2.75) is 25.7 Å². The maximum Gasteiger partial charge on any atom is 0.471 e. The number of rotatable bonds is 3. The Hall–Kier alpha value is -2.51. The van der Waals surface area contributed by atoms with Crippen LogP contribution in [0.3, 0.4) is 0 Å². The number of alkyl halides is 3. The fraction of sp³-hybridized carbons (Fsp3) is 0.333. The van der Waals surface area contributed by atoms with Crippen LogP contribution < -0.4 is 4.74 Å². The van der Waals surface area contributed by atoms with Gasteiger partial charge in [0.05, 0.1) is 12.2 Å². The highest BCUT2D eigenvalue weighted by Crippen LogP contribution is 2.25. The van der Waals surface area contributed by atoms with Gasteiger partial charge < -0.3 is 14.1 Å². The van der Waals surface area contributed by atoms with Gasteiger partial charge in [0.15, 0.2) is 6.61 Å². The lowest BCUT2D eigenvalue weighted by Crippen LogP contribution is -2.43. The third kappa shape index (κ3) is 3.46. The number of aromatic nitrogens is 1. The van der Waals surface area contributed by atoms with Gasteiger partial charge in [0.1, 0.15) is 11.5 Å². The Bertz CT molecular complexity index is 698. The first-order chi connectivity index (χ1) is 10.9. The maximum absolute atomic E-state index is 12.5. The van der Waals surface area contributed by atoms with Crippen LogP contribution in [0.25, 0.3) is 0 Å². The molecule has 0 unspecified atom stereocenters. The molecule has 1 amide bonds. The standard InChI is InChI=1S/C15H13F3N2O3/c16-15(17,18)14(21)20-7-6-11-12(8-20)23-13(19-11)9-22-10-4-2-1-3-5-10/h1-5H,6-9H2. The fourth-order valence-electron chi connectivity index (χ4n) is 2.33. The molecule has 2 aromatic rings. The minimum absolute atomic E-state index is 0.0309. The third-order valence-corrected chi connectivity index (χ3v) is 3.41. The molecule has 0 radical (unpaired) electrons. The van der Waals surface area contributed by atoms with E-state index in [1.807, 2.05) is 18.2 Å². The van der Waals surface area contributed by atoms with Crippen LogP contribution in [0, 0.1) is 0 Å². The molecule has 8 heteroatoms. The van der Waals surface area contributed by atoms with Crippen molar-refractivity contribution in [3.8, 4) is 5.75 Å². The summed E-state index contributed by atoms with van der Waals surface area (Å²) in [5.74, 6) is -0.667. The van der Waals surface area contributed by atoms with Crippen molar-refractivity contribution in [3.05, 3.63) is 47.7 Å². The molecule has 5 nitrogen and oxygen atoms in total. The van der Waals surface area contributed by atoms with Crippen molar-refractivity contribution < 1.29 is 27.1 Å². The molecule has 3 rings (SSSR count). The first kappa shape index (κ1) is 15.4. The van der Waals surface area contributed by atoms with Crippen LogP contribution in [0.4, 0.5) is 13.2 Å². The number of nitrogens with zero attached hydrogens (tertiary/aromatic N) is 2. The lowest BCUT2D eigenvalue weighted by atomic mass is 10.1. The molecule has 0 spiro atoms. The minimum atomic E-state index is -4.88. The van der Waals surface area contributed by atoms with Crippen molar-refractivity contribution in [1.29, 1.82) is 0 Å². The van der Waals surface area contributed by atoms with E-state index in [4.69, 9.17) is 9.15 Å². The quantitative estimate of drug-likeness (QED) is 0.870. The number of ether oxygens (including phenoxy) is 1. The van der Waals surface area contributed by atoms with Crippen LogP contribution in [0.1, 0.15) is 17.3 Å². The van der Waals surface area contributed by atoms with E-state index in [9.17, 15) is 18.0 Å². The molecule has 23 heavy (non-hydrogen) atoms. The van der Waals surface area contributed by atoms with E-state index in [0.717, 1.165) is 4.90 Å². The van der Waals surface area contributed by atoms with Crippen LogP contribution in [0.2, 0.25) is 0 Å². The zero-order chi connectivity index (χ0) is 16.4. The summed E-state index contributed by atoms with van der Waals surface area (Å²) in [6, 6.07) is 9.02. The Labute approximate surface area is 129 Å². The molecule has 2 heterocycles. The van der Waals surface area contributed by atoms with Gasteiger partial charge >= 0.3 is 12.1 Å². The molecule has 1 aromatic heterocycles. The van der Waals surface area contributed by atoms with E-state index in [1.165, 1.54) is 0 Å². The normalized spacial score (nSPS) is 14.5. The Morgan fingerprint density at radius 3 is 2.74 bits per heavy atom. The van der Waals surface area contributed by atoms with Gasteiger partial charge in [-0.25, -0.2) is 4.98 Å². The van der Waals surface area contributed by atoms with Crippen molar-refractivity contribution in [2.24, 2.45) is 0 Å². The number of hydrogen-bond acceptors (Lipinski definition) is 4. The van der Waals surface area contributed by atoms with Gasteiger partial charge in [-0.2, -0.15) is 13.2 Å². The number of fused-ring (bicyclic) bond motifs is 1. The van der Waals surface area contributed by atoms with Crippen LogP contribution in [-0.4, -0.2) is 28.5 Å². The van der Waals surface area contributed by atoms with Gasteiger partial charge in [-0.15, -0.1) is 0 Å². The number of hydrogen-bond donors (Lipinski definition) is 0. The van der Waals surface area contributed by atoms with E-state index >= 15 is 0 Å². The molecule has 1 aromatic carbocycles. The highest BCUT2D eigenvalue weighted by Gasteiger charge is 2.43. The Morgan fingerprint density at radius 2 is 2.04 bits per heavy atom. The molecule has 1 aliphatic heterocycles. The first-order valence-electron chi connectivity index (χ1n) is 6.95. The smallest absolute Gasteiger partial charge is 0.471 e. The predicted molar refractivity (Wildman–Crippen MR) is 72.5 cm³/mol. The lowest BCUT2D eigenvalue weighted by Gasteiger charge is -2.25. The van der Waals surface area contributed by atoms with Gasteiger partial charge in [-0.3, -0.25) is 4.79 Å². The number of amides is 1. The zero-order valence-electron chi connectivity index (χ0n) is 12.0. The summed E-state index contributed by atoms with van der Waals surface area (Å²) in [7, 11) is 0. The zero-order valence-corrected chi connectivity index (χ0v) is 12.0. The summed E-state index contributed by atoms with van der Waals surface area (Å²) in [4.78, 5) is 16.2. The van der Waals surface area contributed by atoms with Crippen molar-refractivity contribution in [2.75, 3.05) is 6.54 Å². The average molecular weight is 326 g/mol. The number of carbonyl (C=O) groups excluding carboxylic acids is 1. The van der Waals surface area contributed by atoms with Crippen molar-refractivity contribution >= 4 is 5.91 Å². The van der Waals surface area contributed by atoms with E-state index in [-0.39, 0.29) is 37.8 Å². The average Bonchev–Trinajstić information content (AvgIpc) is 2.94. The van der Waals surface area contributed by atoms with E-state index in [0.29, 0.717) is 11.4 Å². The summed E-state index contributed by atoms with van der Waals surface area (Å²) in [6.07, 6.45) is -4.65. The first-order valence-corrected chi connectivity index (χ1v) is 6.95. The molecular weight excluding hydrogens is 313 g/mol. The summed E-state index contributed by atoms with van der Waals surface area (Å²) >= 11 is 0. The molecule has 0 N–H and O–H groups in total. The summed E-state index contributed by atoms with van der Waals surface area (Å²) < 4.78 is 48.3. The SMILES string of the molecule is O=C(N1CCc2nc(COc3ccccc3)oc2C1)C(F)(F)F. The monoisotopic (exact) mass is 326 g/mol. The van der Waals surface area contributed by atoms with Crippen molar-refractivity contribution in [1.82, 2.24) is 9.88 Å². The molecule has 122 valence electrons. The molecule has 0 atom stereocenters. The van der Waals surface area contributed by atoms with Crippen LogP contribution in [0.15, 0.2) is 34.7 Å². The highest BCUT2D eigenvalue weighted by molar-refractivity contribution is 5.82. The Kier molecular flexibility index (Phi) is 3.97. The second-order valence-corrected chi connectivity index (χ2v) is 5.05. The van der Waals surface area contributed by atoms with Gasteiger partial charge in [-0.05, 0) is 12.1 Å². The Morgan fingerprint density at radius 1 is 1.30 bits per heavy atom. The highest BCUT2D eigenvalue weighted by atomic mass is 19.4. The van der Waals surface area contributed by atoms with Gasteiger partial charge in [0.2, 0.25) is 5.89 Å². The van der Waals surface area contributed by atoms with Gasteiger partial charge in [-0.1, -0.05) is 18.2 Å².